The molecule has 0 N–H and O–H groups in total. The summed E-state index contributed by atoms with van der Waals surface area (Å²) in [5.41, 5.74) is 0. The minimum atomic E-state index is -0.336. The molecule has 0 aliphatic carbocycles. The summed E-state index contributed by atoms with van der Waals surface area (Å²) in [7, 11) is 1.31. The van der Waals surface area contributed by atoms with Gasteiger partial charge in [0, 0.05) is 5.92 Å². The van der Waals surface area contributed by atoms with E-state index in [0.29, 0.717) is 0 Å². The summed E-state index contributed by atoms with van der Waals surface area (Å²) >= 11 is 1.67. The molecule has 0 fully saturated rings. The van der Waals surface area contributed by atoms with Crippen LogP contribution in [0.5, 0.6) is 0 Å². The average Bonchev–Trinajstić information content (AvgIpc) is 1.87. The summed E-state index contributed by atoms with van der Waals surface area (Å²) < 4.78 is 4.37. The number of esters is 1. The Kier molecular flexibility index (Phi) is 4.59. The second-order valence-electron chi connectivity index (χ2n) is 1.99. The zero-order valence-corrected chi connectivity index (χ0v) is 8.04. The van der Waals surface area contributed by atoms with Crippen molar-refractivity contribution in [3.63, 3.8) is 0 Å². The molecule has 1 unspecified atom stereocenters. The van der Waals surface area contributed by atoms with Gasteiger partial charge in [-0.15, -0.1) is 0 Å². The SMILES string of the molecule is COC(=O)CC(C)C(=O)I. The Hall–Kier alpha value is -0.130. The van der Waals surface area contributed by atoms with Crippen LogP contribution in [0.2, 0.25) is 0 Å². The monoisotopic (exact) mass is 256 g/mol. The largest absolute Gasteiger partial charge is 0.469 e. The fraction of sp³-hybridized carbons (Fsp3) is 0.667. The Morgan fingerprint density at radius 3 is 2.40 bits per heavy atom. The van der Waals surface area contributed by atoms with Gasteiger partial charge in [0.1, 0.15) is 0 Å². The summed E-state index contributed by atoms with van der Waals surface area (Å²) in [5.74, 6) is -0.564. The van der Waals surface area contributed by atoms with Gasteiger partial charge in [0.25, 0.3) is 0 Å². The fourth-order valence-electron chi connectivity index (χ4n) is 0.414. The van der Waals surface area contributed by atoms with Gasteiger partial charge in [0.2, 0.25) is 0 Å². The molecule has 0 saturated heterocycles. The molecule has 0 aromatic rings. The van der Waals surface area contributed by atoms with E-state index in [1.54, 1.807) is 29.5 Å². The highest BCUT2D eigenvalue weighted by Gasteiger charge is 2.13. The lowest BCUT2D eigenvalue weighted by Gasteiger charge is -2.02. The number of halogens is 1. The van der Waals surface area contributed by atoms with E-state index in [1.807, 2.05) is 0 Å². The summed E-state index contributed by atoms with van der Waals surface area (Å²) in [6.07, 6.45) is 0.179. The minimum absolute atomic E-state index is 0.0111. The third-order valence-electron chi connectivity index (χ3n) is 1.09. The molecule has 0 radical (unpaired) electrons. The van der Waals surface area contributed by atoms with E-state index < -0.39 is 0 Å². The number of carbonyl (C=O) groups is 2. The van der Waals surface area contributed by atoms with E-state index in [9.17, 15) is 9.59 Å². The first-order valence-electron chi connectivity index (χ1n) is 2.84. The van der Waals surface area contributed by atoms with Gasteiger partial charge in [-0.1, -0.05) is 6.92 Å². The lowest BCUT2D eigenvalue weighted by Crippen LogP contribution is -2.11. The van der Waals surface area contributed by atoms with Crippen molar-refractivity contribution in [1.29, 1.82) is 0 Å². The Bertz CT molecular complexity index is 144. The first-order chi connectivity index (χ1) is 4.57. The lowest BCUT2D eigenvalue weighted by atomic mass is 10.1. The average molecular weight is 256 g/mol. The Morgan fingerprint density at radius 1 is 1.60 bits per heavy atom. The van der Waals surface area contributed by atoms with Crippen LogP contribution >= 0.6 is 22.6 Å². The number of methoxy groups -OCH3 is 1. The lowest BCUT2D eigenvalue weighted by molar-refractivity contribution is -0.142. The van der Waals surface area contributed by atoms with Crippen LogP contribution in [0.4, 0.5) is 0 Å². The molecule has 0 aromatic carbocycles. The van der Waals surface area contributed by atoms with Gasteiger partial charge in [0.05, 0.1) is 13.5 Å². The maximum atomic E-state index is 10.6. The molecule has 1 atom stereocenters. The number of rotatable bonds is 3. The van der Waals surface area contributed by atoms with Crippen molar-refractivity contribution in [2.45, 2.75) is 13.3 Å². The molecule has 0 aliphatic rings. The van der Waals surface area contributed by atoms with Gasteiger partial charge in [-0.2, -0.15) is 0 Å². The zero-order chi connectivity index (χ0) is 8.15. The summed E-state index contributed by atoms with van der Waals surface area (Å²) in [4.78, 5) is 21.1. The molecular formula is C6H9IO3. The van der Waals surface area contributed by atoms with Crippen LogP contribution in [0.1, 0.15) is 13.3 Å². The Balaban J connectivity index is 3.68. The number of hydrogen-bond acceptors (Lipinski definition) is 3. The third kappa shape index (κ3) is 3.81. The van der Waals surface area contributed by atoms with Gasteiger partial charge in [0.15, 0.2) is 3.79 Å². The molecule has 0 heterocycles. The Labute approximate surface area is 73.3 Å². The summed E-state index contributed by atoms with van der Waals surface area (Å²) in [6, 6.07) is 0. The van der Waals surface area contributed by atoms with Gasteiger partial charge in [-0.05, 0) is 22.6 Å². The smallest absolute Gasteiger partial charge is 0.306 e. The Morgan fingerprint density at radius 2 is 2.10 bits per heavy atom. The molecule has 58 valence electrons. The highest BCUT2D eigenvalue weighted by atomic mass is 127. The second kappa shape index (κ2) is 4.65. The van der Waals surface area contributed by atoms with E-state index in [2.05, 4.69) is 4.74 Å². The van der Waals surface area contributed by atoms with Crippen LogP contribution in [-0.4, -0.2) is 16.9 Å². The van der Waals surface area contributed by atoms with Gasteiger partial charge in [-0.3, -0.25) is 9.59 Å². The highest BCUT2D eigenvalue weighted by molar-refractivity contribution is 14.1. The van der Waals surface area contributed by atoms with Crippen molar-refractivity contribution in [3.8, 4) is 0 Å². The summed E-state index contributed by atoms with van der Waals surface area (Å²) in [5, 5.41) is 0. The molecule has 10 heavy (non-hydrogen) atoms. The van der Waals surface area contributed by atoms with E-state index >= 15 is 0 Å². The molecule has 0 rings (SSSR count). The molecule has 0 saturated carbocycles. The quantitative estimate of drug-likeness (QED) is 0.432. The number of ether oxygens (including phenoxy) is 1. The van der Waals surface area contributed by atoms with Gasteiger partial charge >= 0.3 is 5.97 Å². The maximum absolute atomic E-state index is 10.6. The van der Waals surface area contributed by atoms with Crippen LogP contribution in [0.3, 0.4) is 0 Å². The summed E-state index contributed by atoms with van der Waals surface area (Å²) in [6.45, 7) is 1.70. The topological polar surface area (TPSA) is 43.4 Å². The van der Waals surface area contributed by atoms with Crippen LogP contribution in [0.25, 0.3) is 0 Å². The zero-order valence-electron chi connectivity index (χ0n) is 5.89. The van der Waals surface area contributed by atoms with E-state index in [0.717, 1.165) is 0 Å². The van der Waals surface area contributed by atoms with Crippen LogP contribution in [0, 0.1) is 5.92 Å². The molecule has 0 amide bonds. The number of hydrogen-bond donors (Lipinski definition) is 0. The molecule has 0 bridgehead atoms. The van der Waals surface area contributed by atoms with E-state index in [-0.39, 0.29) is 22.1 Å². The van der Waals surface area contributed by atoms with Crippen molar-refractivity contribution in [1.82, 2.24) is 0 Å². The van der Waals surface area contributed by atoms with Crippen molar-refractivity contribution in [3.05, 3.63) is 0 Å². The van der Waals surface area contributed by atoms with Crippen molar-refractivity contribution < 1.29 is 14.3 Å². The molecular weight excluding hydrogens is 247 g/mol. The van der Waals surface area contributed by atoms with E-state index in [4.69, 9.17) is 0 Å². The molecule has 4 heteroatoms. The van der Waals surface area contributed by atoms with Crippen molar-refractivity contribution in [2.24, 2.45) is 5.92 Å². The maximum Gasteiger partial charge on any atom is 0.306 e. The number of carbonyl (C=O) groups excluding carboxylic acids is 2. The minimum Gasteiger partial charge on any atom is -0.469 e. The third-order valence-corrected chi connectivity index (χ3v) is 2.15. The molecule has 0 aromatic heterocycles. The molecule has 0 spiro atoms. The normalized spacial score (nSPS) is 12.3. The van der Waals surface area contributed by atoms with Crippen molar-refractivity contribution in [2.75, 3.05) is 7.11 Å². The molecule has 3 nitrogen and oxygen atoms in total. The van der Waals surface area contributed by atoms with E-state index in [1.165, 1.54) is 7.11 Å². The van der Waals surface area contributed by atoms with Crippen LogP contribution in [0.15, 0.2) is 0 Å². The van der Waals surface area contributed by atoms with Gasteiger partial charge in [-0.25, -0.2) is 0 Å². The molecule has 0 aliphatic heterocycles. The van der Waals surface area contributed by atoms with Crippen LogP contribution < -0.4 is 0 Å². The second-order valence-corrected chi connectivity index (χ2v) is 3.05. The predicted octanol–water partition coefficient (Wildman–Crippen LogP) is 1.15. The first kappa shape index (κ1) is 9.87. The first-order valence-corrected chi connectivity index (χ1v) is 3.92. The predicted molar refractivity (Wildman–Crippen MR) is 44.8 cm³/mol. The highest BCUT2D eigenvalue weighted by Crippen LogP contribution is 2.08. The standard InChI is InChI=1S/C6H9IO3/c1-4(6(7)9)3-5(8)10-2/h4H,3H2,1-2H3. The fourth-order valence-corrected chi connectivity index (χ4v) is 0.634. The van der Waals surface area contributed by atoms with Gasteiger partial charge < -0.3 is 4.74 Å². The van der Waals surface area contributed by atoms with Crippen molar-refractivity contribution >= 4 is 32.4 Å². The van der Waals surface area contributed by atoms with Crippen LogP contribution in [-0.2, 0) is 14.3 Å².